The van der Waals surface area contributed by atoms with E-state index in [-0.39, 0.29) is 88.5 Å². The second kappa shape index (κ2) is 18.2. The number of nitrogens with zero attached hydrogens (tertiary/aromatic N) is 2. The molecule has 4 heterocycles. The molecule has 0 saturated carbocycles. The van der Waals surface area contributed by atoms with Crippen molar-refractivity contribution in [3.63, 3.8) is 0 Å². The fraction of sp³-hybridized carbons (Fsp3) is 0.409. The highest BCUT2D eigenvalue weighted by molar-refractivity contribution is 5.94. The van der Waals surface area contributed by atoms with Crippen LogP contribution in [0.4, 0.5) is 4.39 Å². The summed E-state index contributed by atoms with van der Waals surface area (Å²) in [6, 6.07) is 10.4. The van der Waals surface area contributed by atoms with Crippen LogP contribution >= 0.6 is 0 Å². The zero-order valence-electron chi connectivity index (χ0n) is 34.5. The topological polar surface area (TPSA) is 253 Å². The van der Waals surface area contributed by atoms with Crippen molar-refractivity contribution in [3.05, 3.63) is 97.6 Å². The molecular formula is C44H49FN8O9. The van der Waals surface area contributed by atoms with E-state index in [0.717, 1.165) is 16.7 Å². The molecular weight excluding hydrogens is 804 g/mol. The van der Waals surface area contributed by atoms with E-state index in [1.807, 2.05) is 6.07 Å². The first-order valence-electron chi connectivity index (χ1n) is 20.7. The summed E-state index contributed by atoms with van der Waals surface area (Å²) < 4.78 is 22.0. The molecule has 0 fully saturated rings. The molecule has 7 rings (SSSR count). The number of nitrogens with two attached hydrogens (primary N) is 1. The highest BCUT2D eigenvalue weighted by atomic mass is 19.1. The predicted molar refractivity (Wildman–Crippen MR) is 222 cm³/mol. The number of amides is 5. The van der Waals surface area contributed by atoms with Crippen molar-refractivity contribution in [3.8, 4) is 11.4 Å². The molecule has 62 heavy (non-hydrogen) atoms. The molecule has 0 radical (unpaired) electrons. The van der Waals surface area contributed by atoms with E-state index in [0.29, 0.717) is 46.3 Å². The van der Waals surface area contributed by atoms with E-state index in [1.54, 1.807) is 44.2 Å². The first-order valence-corrected chi connectivity index (χ1v) is 20.7. The second-order valence-corrected chi connectivity index (χ2v) is 15.8. The number of fused-ring (bicyclic) bond motifs is 5. The van der Waals surface area contributed by atoms with E-state index in [4.69, 9.17) is 15.5 Å². The zero-order valence-corrected chi connectivity index (χ0v) is 34.5. The molecule has 5 amide bonds. The Kier molecular flexibility index (Phi) is 12.8. The van der Waals surface area contributed by atoms with Crippen LogP contribution in [-0.4, -0.2) is 82.4 Å². The molecule has 18 heteroatoms. The molecule has 0 unspecified atom stereocenters. The largest absolute Gasteiger partial charge is 0.458 e. The Morgan fingerprint density at radius 3 is 2.48 bits per heavy atom. The van der Waals surface area contributed by atoms with E-state index in [9.17, 15) is 38.7 Å². The first-order chi connectivity index (χ1) is 29.7. The number of hydrogen-bond donors (Lipinski definition) is 7. The van der Waals surface area contributed by atoms with Gasteiger partial charge >= 0.3 is 5.97 Å². The molecule has 0 saturated heterocycles. The van der Waals surface area contributed by atoms with Gasteiger partial charge in [0.2, 0.25) is 29.5 Å². The lowest BCUT2D eigenvalue weighted by Gasteiger charge is -2.31. The van der Waals surface area contributed by atoms with Crippen LogP contribution in [0.25, 0.3) is 22.3 Å². The SMILES string of the molecule is CC[C@@]1(O)C(=O)OCc2c1cc1n(c2=O)Cc2c-1nc1cc(F)c(C)c3c1c2[C@@H](NC(=O)CCCNC(=O)CNC(=O)[C@H](Cc1ccccc1)NC(=O)CNC(=O)CCN)CC3. The van der Waals surface area contributed by atoms with E-state index >= 15 is 4.39 Å². The molecule has 0 spiro atoms. The van der Waals surface area contributed by atoms with Crippen LogP contribution < -0.4 is 37.9 Å². The van der Waals surface area contributed by atoms with E-state index < -0.39 is 58.7 Å². The number of carbonyl (C=O) groups is 6. The number of carbonyl (C=O) groups excluding carboxylic acids is 6. The number of halogens is 1. The standard InChI is InChI=1S/C44H49FN8O9/c1-3-44(61)28-17-33-40-26(21-53(33)42(59)27(28)22-62-43(44)60)39-30(12-11-25-23(2)29(45)18-31(52-40)38(25)39)50-35(55)10-7-15-47-36(56)19-49-41(58)32(16-24-8-5-4-6-9-24)51-37(57)20-48-34(54)13-14-46/h4-6,8-9,17-18,30,32,61H,3,7,10-16,19-22,46H2,1-2H3,(H,47,56)(H,48,54)(H,49,58)(H,50,55)(H,51,57)/t30-,32-,44-/m0/s1. The number of aryl methyl sites for hydroxylation is 1. The van der Waals surface area contributed by atoms with Gasteiger partial charge in [0.05, 0.1) is 48.1 Å². The van der Waals surface area contributed by atoms with Crippen LogP contribution in [0.3, 0.4) is 0 Å². The highest BCUT2D eigenvalue weighted by Gasteiger charge is 2.46. The summed E-state index contributed by atoms with van der Waals surface area (Å²) in [6.45, 7) is 2.63. The molecule has 2 aromatic heterocycles. The van der Waals surface area contributed by atoms with Crippen molar-refractivity contribution >= 4 is 46.4 Å². The van der Waals surface area contributed by atoms with Crippen LogP contribution in [0.1, 0.15) is 84.0 Å². The second-order valence-electron chi connectivity index (χ2n) is 15.8. The smallest absolute Gasteiger partial charge is 0.343 e. The van der Waals surface area contributed by atoms with Gasteiger partial charge in [0.15, 0.2) is 5.60 Å². The van der Waals surface area contributed by atoms with Crippen LogP contribution in [0.2, 0.25) is 0 Å². The Bertz CT molecular complexity index is 2550. The molecule has 3 atom stereocenters. The Morgan fingerprint density at radius 1 is 0.984 bits per heavy atom. The van der Waals surface area contributed by atoms with E-state index in [1.165, 1.54) is 10.6 Å². The third-order valence-electron chi connectivity index (χ3n) is 11.8. The number of aliphatic hydroxyl groups is 1. The quantitative estimate of drug-likeness (QED) is 0.0541. The van der Waals surface area contributed by atoms with Gasteiger partial charge in [0.25, 0.3) is 5.56 Å². The van der Waals surface area contributed by atoms with Gasteiger partial charge in [-0.25, -0.2) is 14.2 Å². The summed E-state index contributed by atoms with van der Waals surface area (Å²) in [5.41, 5.74) is 7.78. The van der Waals surface area contributed by atoms with Crippen LogP contribution in [0, 0.1) is 12.7 Å². The fourth-order valence-corrected chi connectivity index (χ4v) is 8.50. The Labute approximate surface area is 355 Å². The van der Waals surface area contributed by atoms with Crippen LogP contribution in [0.5, 0.6) is 0 Å². The molecule has 0 bridgehead atoms. The lowest BCUT2D eigenvalue weighted by molar-refractivity contribution is -0.172. The van der Waals surface area contributed by atoms with Crippen molar-refractivity contribution in [1.29, 1.82) is 0 Å². The van der Waals surface area contributed by atoms with Crippen molar-refractivity contribution in [1.82, 2.24) is 36.1 Å². The molecule has 8 N–H and O–H groups in total. The van der Waals surface area contributed by atoms with Gasteiger partial charge in [-0.05, 0) is 60.9 Å². The minimum atomic E-state index is -2.02. The minimum Gasteiger partial charge on any atom is -0.458 e. The van der Waals surface area contributed by atoms with Crippen molar-refractivity contribution in [2.75, 3.05) is 26.2 Å². The normalized spacial score (nSPS) is 17.5. The average Bonchev–Trinajstić information content (AvgIpc) is 3.63. The fourth-order valence-electron chi connectivity index (χ4n) is 8.50. The Hall–Kier alpha value is -6.53. The zero-order chi connectivity index (χ0) is 44.3. The number of hydrogen-bond acceptors (Lipinski definition) is 11. The summed E-state index contributed by atoms with van der Waals surface area (Å²) in [6.07, 6.45) is 1.37. The maximum Gasteiger partial charge on any atom is 0.343 e. The third kappa shape index (κ3) is 8.65. The lowest BCUT2D eigenvalue weighted by Crippen LogP contribution is -2.52. The molecule has 1 aliphatic carbocycles. The van der Waals surface area contributed by atoms with Gasteiger partial charge in [0.1, 0.15) is 18.5 Å². The molecule has 17 nitrogen and oxygen atoms in total. The van der Waals surface area contributed by atoms with Crippen LogP contribution in [-0.2, 0) is 65.1 Å². The molecule has 3 aliphatic rings. The summed E-state index contributed by atoms with van der Waals surface area (Å²) in [5.74, 6) is -3.69. The average molecular weight is 853 g/mol. The molecule has 4 aromatic rings. The first kappa shape index (κ1) is 43.6. The van der Waals surface area contributed by atoms with Gasteiger partial charge < -0.3 is 46.7 Å². The molecule has 2 aliphatic heterocycles. The van der Waals surface area contributed by atoms with Crippen molar-refractivity contribution in [2.24, 2.45) is 5.73 Å². The summed E-state index contributed by atoms with van der Waals surface area (Å²) in [4.78, 5) is 95.2. The number of nitrogens with one attached hydrogen (secondary N) is 5. The highest BCUT2D eigenvalue weighted by Crippen LogP contribution is 2.46. The van der Waals surface area contributed by atoms with Crippen molar-refractivity contribution < 1.29 is 43.0 Å². The number of esters is 1. The molecule has 326 valence electrons. The minimum absolute atomic E-state index is 0.0236. The van der Waals surface area contributed by atoms with Gasteiger partial charge in [-0.3, -0.25) is 28.8 Å². The van der Waals surface area contributed by atoms with Gasteiger partial charge in [-0.15, -0.1) is 0 Å². The van der Waals surface area contributed by atoms with E-state index in [2.05, 4.69) is 26.6 Å². The number of rotatable bonds is 16. The monoisotopic (exact) mass is 852 g/mol. The maximum absolute atomic E-state index is 15.3. The van der Waals surface area contributed by atoms with Crippen LogP contribution in [0.15, 0.2) is 47.3 Å². The number of pyridine rings is 2. The van der Waals surface area contributed by atoms with Gasteiger partial charge in [-0.2, -0.15) is 0 Å². The Balaban J connectivity index is 0.992. The third-order valence-corrected chi connectivity index (χ3v) is 11.8. The lowest BCUT2D eigenvalue weighted by atomic mass is 9.81. The number of aromatic nitrogens is 2. The van der Waals surface area contributed by atoms with Crippen molar-refractivity contribution in [2.45, 2.75) is 89.6 Å². The summed E-state index contributed by atoms with van der Waals surface area (Å²) in [5, 5.41) is 25.4. The van der Waals surface area contributed by atoms with Gasteiger partial charge in [0, 0.05) is 54.9 Å². The van der Waals surface area contributed by atoms with Gasteiger partial charge in [-0.1, -0.05) is 37.3 Å². The number of benzene rings is 2. The predicted octanol–water partition coefficient (Wildman–Crippen LogP) is 0.836. The number of cyclic esters (lactones) is 1. The molecule has 2 aromatic carbocycles. The summed E-state index contributed by atoms with van der Waals surface area (Å²) in [7, 11) is 0. The summed E-state index contributed by atoms with van der Waals surface area (Å²) >= 11 is 0. The Morgan fingerprint density at radius 2 is 1.74 bits per heavy atom. The maximum atomic E-state index is 15.3. The number of ether oxygens (including phenoxy) is 1.